The Labute approximate surface area is 133 Å². The van der Waals surface area contributed by atoms with Gasteiger partial charge in [0.2, 0.25) is 5.95 Å². The van der Waals surface area contributed by atoms with E-state index in [1.807, 2.05) is 11.9 Å². The van der Waals surface area contributed by atoms with Crippen LogP contribution >= 0.6 is 0 Å². The first-order chi connectivity index (χ1) is 10.9. The quantitative estimate of drug-likeness (QED) is 0.851. The first-order valence-corrected chi connectivity index (χ1v) is 7.38. The zero-order valence-corrected chi connectivity index (χ0v) is 13.1. The second-order valence-corrected chi connectivity index (χ2v) is 5.22. The highest BCUT2D eigenvalue weighted by Crippen LogP contribution is 2.31. The van der Waals surface area contributed by atoms with Gasteiger partial charge in [-0.25, -0.2) is 4.98 Å². The minimum absolute atomic E-state index is 0.269. The van der Waals surface area contributed by atoms with Gasteiger partial charge in [-0.3, -0.25) is 0 Å². The number of halogens is 3. The zero-order chi connectivity index (χ0) is 16.9. The number of unbranched alkanes of at least 4 members (excludes halogenated alkanes) is 1. The maximum atomic E-state index is 12.7. The average molecular weight is 324 g/mol. The molecule has 0 bridgehead atoms. The molecule has 0 saturated heterocycles. The molecule has 0 fully saturated rings. The van der Waals surface area contributed by atoms with Gasteiger partial charge < -0.3 is 10.2 Å². The van der Waals surface area contributed by atoms with Crippen LogP contribution in [0.2, 0.25) is 0 Å². The van der Waals surface area contributed by atoms with Gasteiger partial charge in [0.15, 0.2) is 0 Å². The highest BCUT2D eigenvalue weighted by atomic mass is 19.4. The van der Waals surface area contributed by atoms with Crippen molar-refractivity contribution in [2.24, 2.45) is 0 Å². The van der Waals surface area contributed by atoms with Gasteiger partial charge in [0.1, 0.15) is 5.82 Å². The lowest BCUT2D eigenvalue weighted by atomic mass is 10.2. The van der Waals surface area contributed by atoms with Crippen LogP contribution in [0.25, 0.3) is 0 Å². The zero-order valence-electron chi connectivity index (χ0n) is 13.1. The first-order valence-electron chi connectivity index (χ1n) is 7.38. The topological polar surface area (TPSA) is 41.1 Å². The fourth-order valence-electron chi connectivity index (χ4n) is 2.03. The van der Waals surface area contributed by atoms with Crippen molar-refractivity contribution in [3.05, 3.63) is 42.1 Å². The van der Waals surface area contributed by atoms with E-state index in [0.717, 1.165) is 37.3 Å². The van der Waals surface area contributed by atoms with Crippen LogP contribution < -0.4 is 10.2 Å². The van der Waals surface area contributed by atoms with Crippen LogP contribution in [-0.2, 0) is 6.18 Å². The summed E-state index contributed by atoms with van der Waals surface area (Å²) in [5, 5.41) is 2.82. The standard InChI is InChI=1S/C16H19F3N4/c1-3-4-10-23(2)14-8-9-20-15(22-14)21-13-7-5-6-12(11-13)16(17,18)19/h5-9,11H,3-4,10H2,1-2H3,(H,20,21,22). The van der Waals surface area contributed by atoms with Gasteiger partial charge in [-0.15, -0.1) is 0 Å². The molecule has 0 aliphatic carbocycles. The van der Waals surface area contributed by atoms with Gasteiger partial charge in [-0.2, -0.15) is 18.2 Å². The van der Waals surface area contributed by atoms with Crippen molar-refractivity contribution >= 4 is 17.5 Å². The van der Waals surface area contributed by atoms with E-state index >= 15 is 0 Å². The normalized spacial score (nSPS) is 11.3. The van der Waals surface area contributed by atoms with E-state index in [1.165, 1.54) is 6.07 Å². The molecule has 23 heavy (non-hydrogen) atoms. The molecule has 1 aromatic heterocycles. The van der Waals surface area contributed by atoms with Crippen molar-refractivity contribution in [1.29, 1.82) is 0 Å². The molecule has 0 saturated carbocycles. The molecule has 0 aliphatic heterocycles. The molecule has 1 aromatic carbocycles. The molecule has 2 rings (SSSR count). The van der Waals surface area contributed by atoms with Crippen LogP contribution in [0.3, 0.4) is 0 Å². The van der Waals surface area contributed by atoms with E-state index < -0.39 is 11.7 Å². The van der Waals surface area contributed by atoms with Crippen molar-refractivity contribution in [1.82, 2.24) is 9.97 Å². The third-order valence-corrected chi connectivity index (χ3v) is 3.33. The van der Waals surface area contributed by atoms with Crippen molar-refractivity contribution in [2.75, 3.05) is 23.8 Å². The molecule has 124 valence electrons. The molecule has 2 aromatic rings. The summed E-state index contributed by atoms with van der Waals surface area (Å²) in [6, 6.07) is 6.74. The Hall–Kier alpha value is -2.31. The molecule has 0 atom stereocenters. The molecule has 4 nitrogen and oxygen atoms in total. The first kappa shape index (κ1) is 17.1. The Balaban J connectivity index is 2.14. The number of aromatic nitrogens is 2. The van der Waals surface area contributed by atoms with E-state index in [4.69, 9.17) is 0 Å². The minimum atomic E-state index is -4.37. The van der Waals surface area contributed by atoms with Crippen LogP contribution in [0.5, 0.6) is 0 Å². The van der Waals surface area contributed by atoms with Crippen LogP contribution in [0.15, 0.2) is 36.5 Å². The van der Waals surface area contributed by atoms with Crippen LogP contribution in [0.1, 0.15) is 25.3 Å². The minimum Gasteiger partial charge on any atom is -0.360 e. The summed E-state index contributed by atoms with van der Waals surface area (Å²) in [6.45, 7) is 2.96. The van der Waals surface area contributed by atoms with Crippen LogP contribution in [0, 0.1) is 0 Å². The third kappa shape index (κ3) is 4.84. The summed E-state index contributed by atoms with van der Waals surface area (Å²) in [6.07, 6.45) is -0.677. The van der Waals surface area contributed by atoms with Gasteiger partial charge in [0, 0.05) is 25.5 Å². The highest BCUT2D eigenvalue weighted by Gasteiger charge is 2.30. The van der Waals surface area contributed by atoms with Gasteiger partial charge in [-0.1, -0.05) is 19.4 Å². The second-order valence-electron chi connectivity index (χ2n) is 5.22. The third-order valence-electron chi connectivity index (χ3n) is 3.33. The predicted molar refractivity (Wildman–Crippen MR) is 84.9 cm³/mol. The Kier molecular flexibility index (Phi) is 5.41. The Morgan fingerprint density at radius 2 is 2.00 bits per heavy atom. The summed E-state index contributed by atoms with van der Waals surface area (Å²) in [4.78, 5) is 10.4. The number of benzene rings is 1. The molecule has 0 spiro atoms. The monoisotopic (exact) mass is 324 g/mol. The number of hydrogen-bond acceptors (Lipinski definition) is 4. The number of hydrogen-bond donors (Lipinski definition) is 1. The van der Waals surface area contributed by atoms with E-state index in [1.54, 1.807) is 18.3 Å². The second kappa shape index (κ2) is 7.30. The molecule has 1 heterocycles. The smallest absolute Gasteiger partial charge is 0.360 e. The SMILES string of the molecule is CCCCN(C)c1ccnc(Nc2cccc(C(F)(F)F)c2)n1. The Morgan fingerprint density at radius 1 is 1.22 bits per heavy atom. The Bertz CT molecular complexity index is 643. The maximum absolute atomic E-state index is 12.7. The fourth-order valence-corrected chi connectivity index (χ4v) is 2.03. The van der Waals surface area contributed by atoms with Gasteiger partial charge in [0.25, 0.3) is 0 Å². The maximum Gasteiger partial charge on any atom is 0.416 e. The lowest BCUT2D eigenvalue weighted by molar-refractivity contribution is -0.137. The number of nitrogens with zero attached hydrogens (tertiary/aromatic N) is 3. The van der Waals surface area contributed by atoms with Gasteiger partial charge in [0.05, 0.1) is 5.56 Å². The fraction of sp³-hybridized carbons (Fsp3) is 0.375. The molecule has 0 radical (unpaired) electrons. The highest BCUT2D eigenvalue weighted by molar-refractivity contribution is 5.56. The largest absolute Gasteiger partial charge is 0.416 e. The van der Waals surface area contributed by atoms with Gasteiger partial charge in [-0.05, 0) is 30.7 Å². The van der Waals surface area contributed by atoms with Gasteiger partial charge >= 0.3 is 6.18 Å². The van der Waals surface area contributed by atoms with Crippen LogP contribution in [-0.4, -0.2) is 23.6 Å². The molecule has 1 N–H and O–H groups in total. The summed E-state index contributed by atoms with van der Waals surface area (Å²) in [5.41, 5.74) is -0.410. The number of alkyl halides is 3. The van der Waals surface area contributed by atoms with E-state index in [0.29, 0.717) is 5.69 Å². The summed E-state index contributed by atoms with van der Waals surface area (Å²) in [7, 11) is 1.92. The lowest BCUT2D eigenvalue weighted by Gasteiger charge is -2.18. The summed E-state index contributed by atoms with van der Waals surface area (Å²) >= 11 is 0. The number of nitrogens with one attached hydrogen (secondary N) is 1. The number of anilines is 3. The molecule has 0 aliphatic rings. The van der Waals surface area contributed by atoms with E-state index in [9.17, 15) is 13.2 Å². The molecule has 0 amide bonds. The van der Waals surface area contributed by atoms with Crippen LogP contribution in [0.4, 0.5) is 30.6 Å². The average Bonchev–Trinajstić information content (AvgIpc) is 2.52. The molecule has 0 unspecified atom stereocenters. The van der Waals surface area contributed by atoms with Crippen molar-refractivity contribution in [3.63, 3.8) is 0 Å². The molecular weight excluding hydrogens is 305 g/mol. The number of rotatable bonds is 6. The van der Waals surface area contributed by atoms with E-state index in [-0.39, 0.29) is 5.95 Å². The van der Waals surface area contributed by atoms with E-state index in [2.05, 4.69) is 22.2 Å². The van der Waals surface area contributed by atoms with Crippen molar-refractivity contribution in [3.8, 4) is 0 Å². The molecule has 7 heteroatoms. The lowest BCUT2D eigenvalue weighted by Crippen LogP contribution is -2.20. The van der Waals surface area contributed by atoms with Crippen molar-refractivity contribution in [2.45, 2.75) is 25.9 Å². The van der Waals surface area contributed by atoms with Crippen molar-refractivity contribution < 1.29 is 13.2 Å². The Morgan fingerprint density at radius 3 is 2.70 bits per heavy atom. The predicted octanol–water partition coefficient (Wildman–Crippen LogP) is 4.48. The summed E-state index contributed by atoms with van der Waals surface area (Å²) < 4.78 is 38.2. The summed E-state index contributed by atoms with van der Waals surface area (Å²) in [5.74, 6) is 0.994. The molecular formula is C16H19F3N4.